The number of para-hydroxylation sites is 2. The minimum absolute atomic E-state index is 0.226. The Morgan fingerprint density at radius 1 is 1.03 bits per heavy atom. The van der Waals surface area contributed by atoms with Gasteiger partial charge in [-0.3, -0.25) is 5.32 Å². The Morgan fingerprint density at radius 2 is 1.77 bits per heavy atom. The average molecular weight is 436 g/mol. The van der Waals surface area contributed by atoms with Gasteiger partial charge in [-0.05, 0) is 38.1 Å². The Labute approximate surface area is 184 Å². The summed E-state index contributed by atoms with van der Waals surface area (Å²) in [4.78, 5) is 16.6. The third-order valence-corrected chi connectivity index (χ3v) is 5.04. The molecule has 0 aliphatic carbocycles. The predicted molar refractivity (Wildman–Crippen MR) is 125 cm³/mol. The molecule has 0 fully saturated rings. The topological polar surface area (TPSA) is 83.5 Å². The van der Waals surface area contributed by atoms with Crippen LogP contribution in [0.25, 0.3) is 21.8 Å². The Kier molecular flexibility index (Phi) is 5.93. The highest BCUT2D eigenvalue weighted by atomic mass is 35.5. The summed E-state index contributed by atoms with van der Waals surface area (Å²) in [5.41, 5.74) is 3.26. The number of aromatic nitrogens is 1. The lowest BCUT2D eigenvalue weighted by molar-refractivity contribution is 0.130. The van der Waals surface area contributed by atoms with Gasteiger partial charge in [-0.2, -0.15) is 0 Å². The van der Waals surface area contributed by atoms with Gasteiger partial charge in [-0.15, -0.1) is 0 Å². The van der Waals surface area contributed by atoms with Gasteiger partial charge in [0, 0.05) is 22.0 Å². The molecule has 7 heteroatoms. The van der Waals surface area contributed by atoms with Gasteiger partial charge in [-0.25, -0.2) is 9.78 Å². The van der Waals surface area contributed by atoms with Crippen LogP contribution in [0, 0.1) is 0 Å². The first-order valence-electron chi connectivity index (χ1n) is 9.91. The molecule has 1 aromatic heterocycles. The Balaban J connectivity index is 1.69. The number of carbonyl (C=O) groups is 1. The molecule has 1 atom stereocenters. The maximum atomic E-state index is 11.9. The third kappa shape index (κ3) is 4.55. The highest BCUT2D eigenvalue weighted by Gasteiger charge is 2.16. The molecule has 158 valence electrons. The lowest BCUT2D eigenvalue weighted by atomic mass is 10.1. The van der Waals surface area contributed by atoms with Gasteiger partial charge in [-0.1, -0.05) is 54.1 Å². The third-order valence-electron chi connectivity index (χ3n) is 4.73. The molecule has 0 aliphatic rings. The van der Waals surface area contributed by atoms with E-state index in [0.29, 0.717) is 21.8 Å². The zero-order valence-electron chi connectivity index (χ0n) is 17.1. The second-order valence-corrected chi connectivity index (χ2v) is 7.80. The largest absolute Gasteiger partial charge is 0.447 e. The van der Waals surface area contributed by atoms with E-state index in [0.717, 1.165) is 22.0 Å². The summed E-state index contributed by atoms with van der Waals surface area (Å²) in [6.45, 7) is 3.55. The number of fused-ring (bicyclic) bond motifs is 2. The summed E-state index contributed by atoms with van der Waals surface area (Å²) in [6.07, 6.45) is -1.80. The van der Waals surface area contributed by atoms with Crippen molar-refractivity contribution in [2.75, 3.05) is 10.6 Å². The number of nitrogens with zero attached hydrogens (tertiary/aromatic N) is 1. The fourth-order valence-electron chi connectivity index (χ4n) is 3.40. The number of aliphatic hydroxyl groups is 1. The maximum absolute atomic E-state index is 11.9. The zero-order valence-corrected chi connectivity index (χ0v) is 17.9. The molecular formula is C24H22ClN3O3. The van der Waals surface area contributed by atoms with E-state index in [1.807, 2.05) is 36.4 Å². The molecule has 0 spiro atoms. The summed E-state index contributed by atoms with van der Waals surface area (Å²) < 4.78 is 5.11. The molecule has 0 saturated heterocycles. The first-order chi connectivity index (χ1) is 14.9. The quantitative estimate of drug-likeness (QED) is 0.260. The van der Waals surface area contributed by atoms with E-state index in [4.69, 9.17) is 16.3 Å². The number of halogens is 1. The second-order valence-electron chi connectivity index (χ2n) is 7.39. The smallest absolute Gasteiger partial charge is 0.411 e. The number of benzene rings is 3. The SMILES string of the molecule is CC(C)OC(=O)Nc1cccc(C(O)Nc2c3ccccc3nc3c(Cl)cccc23)c1. The standard InChI is InChI=1S/C24H22ClN3O3/c1-14(2)31-24(30)26-16-8-5-7-15(13-16)23(29)28-21-17-9-3-4-12-20(17)27-22-18(21)10-6-11-19(22)25/h3-14,23,29H,1-2H3,(H,26,30)(H,27,28). The molecular weight excluding hydrogens is 414 g/mol. The zero-order chi connectivity index (χ0) is 22.0. The molecule has 0 bridgehead atoms. The fourth-order valence-corrected chi connectivity index (χ4v) is 3.62. The van der Waals surface area contributed by atoms with Crippen LogP contribution in [0.1, 0.15) is 25.6 Å². The normalized spacial score (nSPS) is 12.2. The van der Waals surface area contributed by atoms with Crippen molar-refractivity contribution >= 4 is 50.9 Å². The van der Waals surface area contributed by atoms with Crippen molar-refractivity contribution in [3.63, 3.8) is 0 Å². The van der Waals surface area contributed by atoms with Crippen LogP contribution in [0.5, 0.6) is 0 Å². The van der Waals surface area contributed by atoms with E-state index < -0.39 is 12.3 Å². The summed E-state index contributed by atoms with van der Waals surface area (Å²) in [5.74, 6) is 0. The number of ether oxygens (including phenoxy) is 1. The molecule has 31 heavy (non-hydrogen) atoms. The molecule has 0 radical (unpaired) electrons. The first-order valence-corrected chi connectivity index (χ1v) is 10.3. The van der Waals surface area contributed by atoms with Crippen LogP contribution in [0.15, 0.2) is 66.7 Å². The van der Waals surface area contributed by atoms with Gasteiger partial charge >= 0.3 is 6.09 Å². The van der Waals surface area contributed by atoms with Crippen LogP contribution in [-0.2, 0) is 4.74 Å². The van der Waals surface area contributed by atoms with Gasteiger partial charge in [0.25, 0.3) is 0 Å². The number of amides is 1. The second kappa shape index (κ2) is 8.79. The maximum Gasteiger partial charge on any atom is 0.411 e. The van der Waals surface area contributed by atoms with E-state index in [9.17, 15) is 9.90 Å². The lowest BCUT2D eigenvalue weighted by Crippen LogP contribution is -2.18. The highest BCUT2D eigenvalue weighted by Crippen LogP contribution is 2.35. The van der Waals surface area contributed by atoms with Gasteiger partial charge in [0.15, 0.2) is 6.23 Å². The van der Waals surface area contributed by atoms with E-state index >= 15 is 0 Å². The Morgan fingerprint density at radius 3 is 2.58 bits per heavy atom. The number of hydrogen-bond acceptors (Lipinski definition) is 5. The first kappa shape index (κ1) is 20.9. The molecule has 4 rings (SSSR count). The van der Waals surface area contributed by atoms with Crippen LogP contribution in [0.4, 0.5) is 16.2 Å². The number of carbonyl (C=O) groups excluding carboxylic acids is 1. The van der Waals surface area contributed by atoms with Gasteiger partial charge in [0.05, 0.1) is 27.8 Å². The fraction of sp³-hybridized carbons (Fsp3) is 0.167. The van der Waals surface area contributed by atoms with Crippen molar-refractivity contribution in [3.8, 4) is 0 Å². The molecule has 1 heterocycles. The van der Waals surface area contributed by atoms with Gasteiger partial charge < -0.3 is 15.2 Å². The molecule has 3 N–H and O–H groups in total. The molecule has 0 saturated carbocycles. The van der Waals surface area contributed by atoms with Crippen molar-refractivity contribution in [2.45, 2.75) is 26.2 Å². The van der Waals surface area contributed by atoms with Crippen LogP contribution in [-0.4, -0.2) is 22.3 Å². The minimum Gasteiger partial charge on any atom is -0.447 e. The van der Waals surface area contributed by atoms with E-state index in [1.165, 1.54) is 0 Å². The number of anilines is 2. The van der Waals surface area contributed by atoms with E-state index in [1.54, 1.807) is 44.2 Å². The van der Waals surface area contributed by atoms with Crippen molar-refractivity contribution in [1.29, 1.82) is 0 Å². The summed E-state index contributed by atoms with van der Waals surface area (Å²) in [6, 6.07) is 20.2. The van der Waals surface area contributed by atoms with Crippen LogP contribution >= 0.6 is 11.6 Å². The predicted octanol–water partition coefficient (Wildman–Crippen LogP) is 6.10. The molecule has 6 nitrogen and oxygen atoms in total. The summed E-state index contributed by atoms with van der Waals surface area (Å²) in [5, 5.41) is 19.0. The summed E-state index contributed by atoms with van der Waals surface area (Å²) >= 11 is 6.38. The lowest BCUT2D eigenvalue weighted by Gasteiger charge is -2.19. The number of aliphatic hydroxyl groups excluding tert-OH is 1. The van der Waals surface area contributed by atoms with Crippen molar-refractivity contribution in [3.05, 3.63) is 77.3 Å². The molecule has 1 amide bonds. The number of pyridine rings is 1. The Hall–Kier alpha value is -3.35. The minimum atomic E-state index is -1.03. The number of nitrogens with one attached hydrogen (secondary N) is 2. The van der Waals surface area contributed by atoms with Crippen LogP contribution < -0.4 is 10.6 Å². The van der Waals surface area contributed by atoms with Crippen LogP contribution in [0.3, 0.4) is 0 Å². The van der Waals surface area contributed by atoms with Crippen molar-refractivity contribution in [2.24, 2.45) is 0 Å². The Bertz CT molecular complexity index is 1260. The molecule has 1 unspecified atom stereocenters. The van der Waals surface area contributed by atoms with E-state index in [-0.39, 0.29) is 6.10 Å². The van der Waals surface area contributed by atoms with Gasteiger partial charge in [0.2, 0.25) is 0 Å². The average Bonchev–Trinajstić information content (AvgIpc) is 2.74. The molecule has 0 aliphatic heterocycles. The summed E-state index contributed by atoms with van der Waals surface area (Å²) in [7, 11) is 0. The van der Waals surface area contributed by atoms with Crippen LogP contribution in [0.2, 0.25) is 5.02 Å². The van der Waals surface area contributed by atoms with Crippen molar-refractivity contribution < 1.29 is 14.6 Å². The molecule has 3 aromatic carbocycles. The number of hydrogen-bond donors (Lipinski definition) is 3. The van der Waals surface area contributed by atoms with Gasteiger partial charge in [0.1, 0.15) is 0 Å². The molecule has 4 aromatic rings. The van der Waals surface area contributed by atoms with Crippen molar-refractivity contribution in [1.82, 2.24) is 4.98 Å². The monoisotopic (exact) mass is 435 g/mol. The van der Waals surface area contributed by atoms with E-state index in [2.05, 4.69) is 15.6 Å². The number of rotatable bonds is 5. The highest BCUT2D eigenvalue weighted by molar-refractivity contribution is 6.35.